The number of hydrogen-bond donors (Lipinski definition) is 1. The summed E-state index contributed by atoms with van der Waals surface area (Å²) in [4.78, 5) is 39.6. The summed E-state index contributed by atoms with van der Waals surface area (Å²) in [5.41, 5.74) is 7.09. The van der Waals surface area contributed by atoms with Crippen LogP contribution in [0.1, 0.15) is 50.8 Å². The third kappa shape index (κ3) is 3.03. The van der Waals surface area contributed by atoms with Crippen molar-refractivity contribution in [3.05, 3.63) is 34.9 Å². The number of amides is 3. The van der Waals surface area contributed by atoms with Crippen LogP contribution in [0.15, 0.2) is 18.2 Å². The Kier molecular flexibility index (Phi) is 5.30. The van der Waals surface area contributed by atoms with Crippen molar-refractivity contribution in [1.82, 2.24) is 9.80 Å². The molecule has 2 aliphatic rings. The Labute approximate surface area is 147 Å². The number of carbonyl (C=O) groups is 3. The molecule has 1 aromatic carbocycles. The summed E-state index contributed by atoms with van der Waals surface area (Å²) in [6.07, 6.45) is 1.96. The summed E-state index contributed by atoms with van der Waals surface area (Å²) < 4.78 is 0. The lowest BCUT2D eigenvalue weighted by molar-refractivity contribution is 0.0659. The van der Waals surface area contributed by atoms with Crippen LogP contribution in [0.3, 0.4) is 0 Å². The molecular weight excluding hydrogens is 330 g/mol. The van der Waals surface area contributed by atoms with Gasteiger partial charge in [0, 0.05) is 31.7 Å². The molecule has 1 aromatic rings. The molecule has 0 aliphatic carbocycles. The minimum absolute atomic E-state index is 0. The van der Waals surface area contributed by atoms with Crippen molar-refractivity contribution in [2.75, 3.05) is 20.1 Å². The predicted molar refractivity (Wildman–Crippen MR) is 92.4 cm³/mol. The van der Waals surface area contributed by atoms with Gasteiger partial charge in [-0.15, -0.1) is 12.4 Å². The molecule has 0 radical (unpaired) electrons. The van der Waals surface area contributed by atoms with Gasteiger partial charge in [0.2, 0.25) is 0 Å². The van der Waals surface area contributed by atoms with Gasteiger partial charge in [-0.05, 0) is 43.9 Å². The molecule has 3 amide bonds. The normalized spacial score (nSPS) is 21.4. The fourth-order valence-electron chi connectivity index (χ4n) is 3.30. The maximum Gasteiger partial charge on any atom is 0.261 e. The number of benzene rings is 1. The van der Waals surface area contributed by atoms with Gasteiger partial charge in [0.1, 0.15) is 0 Å². The molecule has 3 rings (SSSR count). The molecule has 130 valence electrons. The molecular formula is C17H22ClN3O3. The SMILES string of the molecule is CC(N)C1CCCN(C(=O)c2ccc3c(c2)C(=O)N(C)C3=O)C1.Cl. The number of nitrogens with zero attached hydrogens (tertiary/aromatic N) is 2. The second-order valence-electron chi connectivity index (χ2n) is 6.44. The Morgan fingerprint density at radius 1 is 1.25 bits per heavy atom. The van der Waals surface area contributed by atoms with E-state index in [1.807, 2.05) is 6.92 Å². The highest BCUT2D eigenvalue weighted by Gasteiger charge is 2.34. The molecule has 0 aromatic heterocycles. The fraction of sp³-hybridized carbons (Fsp3) is 0.471. The Balaban J connectivity index is 0.00000208. The molecule has 7 heteroatoms. The highest BCUT2D eigenvalue weighted by atomic mass is 35.5. The monoisotopic (exact) mass is 351 g/mol. The highest BCUT2D eigenvalue weighted by molar-refractivity contribution is 6.21. The number of piperidine rings is 1. The predicted octanol–water partition coefficient (Wildman–Crippen LogP) is 1.53. The fourth-order valence-corrected chi connectivity index (χ4v) is 3.30. The third-order valence-corrected chi connectivity index (χ3v) is 4.83. The summed E-state index contributed by atoms with van der Waals surface area (Å²) in [5.74, 6) is -0.477. The van der Waals surface area contributed by atoms with E-state index in [1.165, 1.54) is 13.1 Å². The largest absolute Gasteiger partial charge is 0.338 e. The van der Waals surface area contributed by atoms with Crippen molar-refractivity contribution in [2.45, 2.75) is 25.8 Å². The highest BCUT2D eigenvalue weighted by Crippen LogP contribution is 2.25. The molecule has 2 heterocycles. The number of carbonyl (C=O) groups excluding carboxylic acids is 3. The lowest BCUT2D eigenvalue weighted by Crippen LogP contribution is -2.45. The number of likely N-dealkylation sites (tertiary alicyclic amines) is 1. The van der Waals surface area contributed by atoms with Gasteiger partial charge in [0.05, 0.1) is 11.1 Å². The lowest BCUT2D eigenvalue weighted by Gasteiger charge is -2.34. The van der Waals surface area contributed by atoms with Crippen LogP contribution in [0.5, 0.6) is 0 Å². The minimum Gasteiger partial charge on any atom is -0.338 e. The van der Waals surface area contributed by atoms with Crippen molar-refractivity contribution in [3.63, 3.8) is 0 Å². The lowest BCUT2D eigenvalue weighted by atomic mass is 9.91. The molecule has 2 unspecified atom stereocenters. The Morgan fingerprint density at radius 2 is 1.92 bits per heavy atom. The summed E-state index contributed by atoms with van der Waals surface area (Å²) in [5, 5.41) is 0. The molecule has 2 aliphatic heterocycles. The molecule has 0 spiro atoms. The first-order valence-electron chi connectivity index (χ1n) is 7.91. The maximum absolute atomic E-state index is 12.7. The van der Waals surface area contributed by atoms with Gasteiger partial charge in [0.25, 0.3) is 17.7 Å². The summed E-state index contributed by atoms with van der Waals surface area (Å²) in [6, 6.07) is 4.79. The van der Waals surface area contributed by atoms with Crippen molar-refractivity contribution >= 4 is 30.1 Å². The van der Waals surface area contributed by atoms with E-state index in [2.05, 4.69) is 0 Å². The van der Waals surface area contributed by atoms with E-state index in [4.69, 9.17) is 5.73 Å². The van der Waals surface area contributed by atoms with E-state index >= 15 is 0 Å². The summed E-state index contributed by atoms with van der Waals surface area (Å²) in [6.45, 7) is 3.31. The summed E-state index contributed by atoms with van der Waals surface area (Å²) >= 11 is 0. The van der Waals surface area contributed by atoms with E-state index in [9.17, 15) is 14.4 Å². The second-order valence-corrected chi connectivity index (χ2v) is 6.44. The number of fused-ring (bicyclic) bond motifs is 1. The van der Waals surface area contributed by atoms with Crippen molar-refractivity contribution in [1.29, 1.82) is 0 Å². The molecule has 0 bridgehead atoms. The Hall–Kier alpha value is -1.92. The van der Waals surface area contributed by atoms with Gasteiger partial charge in [0.15, 0.2) is 0 Å². The molecule has 0 saturated carbocycles. The van der Waals surface area contributed by atoms with Gasteiger partial charge < -0.3 is 10.6 Å². The van der Waals surface area contributed by atoms with Gasteiger partial charge in [-0.1, -0.05) is 0 Å². The Morgan fingerprint density at radius 3 is 2.58 bits per heavy atom. The van der Waals surface area contributed by atoms with Crippen molar-refractivity contribution < 1.29 is 14.4 Å². The number of rotatable bonds is 2. The molecule has 2 N–H and O–H groups in total. The molecule has 1 fully saturated rings. The zero-order valence-electron chi connectivity index (χ0n) is 13.8. The maximum atomic E-state index is 12.7. The average Bonchev–Trinajstić information content (AvgIpc) is 2.78. The first-order valence-corrected chi connectivity index (χ1v) is 7.91. The van der Waals surface area contributed by atoms with Crippen molar-refractivity contribution in [2.24, 2.45) is 11.7 Å². The summed E-state index contributed by atoms with van der Waals surface area (Å²) in [7, 11) is 1.45. The van der Waals surface area contributed by atoms with E-state index in [0.717, 1.165) is 17.7 Å². The van der Waals surface area contributed by atoms with Gasteiger partial charge in [-0.25, -0.2) is 0 Å². The molecule has 2 atom stereocenters. The van der Waals surface area contributed by atoms with Crippen LogP contribution < -0.4 is 5.73 Å². The number of imide groups is 1. The van der Waals surface area contributed by atoms with Gasteiger partial charge >= 0.3 is 0 Å². The van der Waals surface area contributed by atoms with Crippen LogP contribution >= 0.6 is 12.4 Å². The van der Waals surface area contributed by atoms with E-state index < -0.39 is 0 Å². The van der Waals surface area contributed by atoms with Crippen molar-refractivity contribution in [3.8, 4) is 0 Å². The number of halogens is 1. The topological polar surface area (TPSA) is 83.7 Å². The number of nitrogens with two attached hydrogens (primary N) is 1. The zero-order chi connectivity index (χ0) is 16.7. The van der Waals surface area contributed by atoms with Crippen LogP contribution in [-0.4, -0.2) is 53.7 Å². The first kappa shape index (κ1) is 18.4. The van der Waals surface area contributed by atoms with E-state index in [-0.39, 0.29) is 36.2 Å². The van der Waals surface area contributed by atoms with E-state index in [0.29, 0.717) is 35.7 Å². The average molecular weight is 352 g/mol. The Bertz CT molecular complexity index is 690. The second kappa shape index (κ2) is 6.91. The van der Waals surface area contributed by atoms with E-state index in [1.54, 1.807) is 17.0 Å². The quantitative estimate of drug-likeness (QED) is 0.819. The minimum atomic E-state index is -0.355. The van der Waals surface area contributed by atoms with Crippen LogP contribution in [0.25, 0.3) is 0 Å². The van der Waals surface area contributed by atoms with Crippen LogP contribution in [0.4, 0.5) is 0 Å². The standard InChI is InChI=1S/C17H21N3O3.ClH/c1-10(18)12-4-3-7-20(9-12)15(21)11-5-6-13-14(8-11)17(23)19(2)16(13)22;/h5-6,8,10,12H,3-4,7,9,18H2,1-2H3;1H. The third-order valence-electron chi connectivity index (χ3n) is 4.83. The van der Waals surface area contributed by atoms with Crippen LogP contribution in [-0.2, 0) is 0 Å². The van der Waals surface area contributed by atoms with Gasteiger partial charge in [-0.3, -0.25) is 19.3 Å². The molecule has 6 nitrogen and oxygen atoms in total. The van der Waals surface area contributed by atoms with Crippen LogP contribution in [0.2, 0.25) is 0 Å². The first-order chi connectivity index (χ1) is 10.9. The molecule has 1 saturated heterocycles. The smallest absolute Gasteiger partial charge is 0.261 e. The number of hydrogen-bond acceptors (Lipinski definition) is 4. The zero-order valence-corrected chi connectivity index (χ0v) is 14.6. The van der Waals surface area contributed by atoms with Gasteiger partial charge in [-0.2, -0.15) is 0 Å². The van der Waals surface area contributed by atoms with Crippen LogP contribution in [0, 0.1) is 5.92 Å². The molecule has 24 heavy (non-hydrogen) atoms.